The Morgan fingerprint density at radius 2 is 1.72 bits per heavy atom. The first-order valence-electron chi connectivity index (χ1n) is 15.5. The number of fused-ring (bicyclic) bond motifs is 4. The summed E-state index contributed by atoms with van der Waals surface area (Å²) < 4.78 is 7.76. The Morgan fingerprint density at radius 3 is 2.52 bits per heavy atom. The molecule has 0 unspecified atom stereocenters. The summed E-state index contributed by atoms with van der Waals surface area (Å²) in [6.07, 6.45) is 0.820. The zero-order valence-electron chi connectivity index (χ0n) is 25.9. The molecule has 11 heteroatoms. The standard InChI is InChI=1S/C35H36N6O5/c1-22(2)31-33-38-32(23-8-4-3-5-9-23)39-41(33)18-19-46-25-11-6-10-24(20-25)34(44)36-16-17-40(21-30(43)37-31)35(45)28-13-7-12-27-26(28)14-15-29(27)42/h3-13,20,22,31H,14-19,21H2,1-2H3,(H,36,44)(H,37,43)/t31-/m0/s1. The predicted molar refractivity (Wildman–Crippen MR) is 170 cm³/mol. The number of amides is 3. The van der Waals surface area contributed by atoms with Gasteiger partial charge in [0.05, 0.1) is 19.1 Å². The van der Waals surface area contributed by atoms with Gasteiger partial charge in [-0.25, -0.2) is 9.67 Å². The summed E-state index contributed by atoms with van der Waals surface area (Å²) in [4.78, 5) is 59.4. The highest BCUT2D eigenvalue weighted by Gasteiger charge is 2.30. The molecule has 1 aliphatic heterocycles. The second kappa shape index (κ2) is 13.4. The zero-order chi connectivity index (χ0) is 32.2. The third-order valence-corrected chi connectivity index (χ3v) is 8.26. The Bertz CT molecular complexity index is 1780. The van der Waals surface area contributed by atoms with Crippen molar-refractivity contribution >= 4 is 23.5 Å². The summed E-state index contributed by atoms with van der Waals surface area (Å²) in [5.74, 6) is 0.463. The largest absolute Gasteiger partial charge is 0.492 e. The fraction of sp³-hybridized carbons (Fsp3) is 0.314. The summed E-state index contributed by atoms with van der Waals surface area (Å²) in [5.41, 5.74) is 2.88. The molecule has 3 aromatic carbocycles. The van der Waals surface area contributed by atoms with Crippen molar-refractivity contribution in [3.05, 3.63) is 101 Å². The molecule has 3 amide bonds. The highest BCUT2D eigenvalue weighted by Crippen LogP contribution is 2.27. The number of nitrogens with one attached hydrogen (secondary N) is 2. The van der Waals surface area contributed by atoms with Gasteiger partial charge in [0, 0.05) is 41.8 Å². The Kier molecular flexibility index (Phi) is 8.91. The van der Waals surface area contributed by atoms with Gasteiger partial charge < -0.3 is 20.3 Å². The molecule has 4 aromatic rings. The van der Waals surface area contributed by atoms with Crippen LogP contribution in [-0.2, 0) is 17.8 Å². The normalized spacial score (nSPS) is 17.4. The first-order chi connectivity index (χ1) is 22.3. The predicted octanol–water partition coefficient (Wildman–Crippen LogP) is 3.85. The van der Waals surface area contributed by atoms with Crippen molar-refractivity contribution in [2.75, 3.05) is 26.2 Å². The molecule has 6 rings (SSSR count). The van der Waals surface area contributed by atoms with Crippen molar-refractivity contribution in [2.24, 2.45) is 5.92 Å². The summed E-state index contributed by atoms with van der Waals surface area (Å²) in [6, 6.07) is 21.1. The molecule has 2 N–H and O–H groups in total. The molecule has 0 saturated carbocycles. The van der Waals surface area contributed by atoms with E-state index in [2.05, 4.69) is 10.6 Å². The second-order valence-electron chi connectivity index (χ2n) is 11.8. The Hall–Kier alpha value is -5.32. The van der Waals surface area contributed by atoms with E-state index < -0.39 is 6.04 Å². The van der Waals surface area contributed by atoms with Gasteiger partial charge in [-0.3, -0.25) is 19.2 Å². The van der Waals surface area contributed by atoms with Crippen molar-refractivity contribution in [2.45, 2.75) is 39.3 Å². The van der Waals surface area contributed by atoms with E-state index in [4.69, 9.17) is 14.8 Å². The highest BCUT2D eigenvalue weighted by atomic mass is 16.5. The number of Topliss-reactive ketones (excluding diaryl/α,β-unsaturated/α-hetero) is 1. The molecule has 46 heavy (non-hydrogen) atoms. The van der Waals surface area contributed by atoms with E-state index in [-0.39, 0.29) is 55.7 Å². The monoisotopic (exact) mass is 620 g/mol. The minimum absolute atomic E-state index is 0.00327. The molecule has 1 aliphatic carbocycles. The van der Waals surface area contributed by atoms with Gasteiger partial charge in [0.2, 0.25) is 5.91 Å². The van der Waals surface area contributed by atoms with Crippen LogP contribution in [0.15, 0.2) is 72.8 Å². The van der Waals surface area contributed by atoms with Gasteiger partial charge in [-0.15, -0.1) is 0 Å². The van der Waals surface area contributed by atoms with Crippen molar-refractivity contribution < 1.29 is 23.9 Å². The third kappa shape index (κ3) is 6.53. The molecule has 0 radical (unpaired) electrons. The summed E-state index contributed by atoms with van der Waals surface area (Å²) in [7, 11) is 0. The molecule has 0 spiro atoms. The van der Waals surface area contributed by atoms with E-state index in [1.165, 1.54) is 4.90 Å². The third-order valence-electron chi connectivity index (χ3n) is 8.26. The van der Waals surface area contributed by atoms with E-state index >= 15 is 0 Å². The number of rotatable bonds is 3. The topological polar surface area (TPSA) is 136 Å². The van der Waals surface area contributed by atoms with Gasteiger partial charge >= 0.3 is 0 Å². The maximum atomic E-state index is 14.0. The van der Waals surface area contributed by atoms with Crippen LogP contribution in [-0.4, -0.2) is 69.4 Å². The second-order valence-corrected chi connectivity index (χ2v) is 11.8. The SMILES string of the molecule is CC(C)[C@@H]1NC(=O)CN(C(=O)c2cccc3c2CCC3=O)CCNC(=O)c2cccc(c2)OCCn2nc(-c3ccccc3)nc21. The Labute approximate surface area is 267 Å². The molecule has 2 aliphatic rings. The van der Waals surface area contributed by atoms with E-state index in [1.807, 2.05) is 44.2 Å². The van der Waals surface area contributed by atoms with E-state index in [0.29, 0.717) is 59.0 Å². The number of benzene rings is 3. The average molecular weight is 621 g/mol. The van der Waals surface area contributed by atoms with Crippen LogP contribution in [0.1, 0.15) is 68.8 Å². The number of hydrogen-bond acceptors (Lipinski definition) is 7. The summed E-state index contributed by atoms with van der Waals surface area (Å²) in [6.45, 7) is 4.49. The molecule has 2 bridgehead atoms. The first kappa shape index (κ1) is 30.7. The van der Waals surface area contributed by atoms with Crippen LogP contribution in [0.3, 0.4) is 0 Å². The minimum Gasteiger partial charge on any atom is -0.492 e. The molecule has 1 atom stereocenters. The molecule has 11 nitrogen and oxygen atoms in total. The maximum absolute atomic E-state index is 14.0. The smallest absolute Gasteiger partial charge is 0.254 e. The van der Waals surface area contributed by atoms with Crippen molar-refractivity contribution in [1.82, 2.24) is 30.3 Å². The van der Waals surface area contributed by atoms with Crippen LogP contribution in [0.2, 0.25) is 0 Å². The molecule has 0 saturated heterocycles. The van der Waals surface area contributed by atoms with Crippen LogP contribution < -0.4 is 15.4 Å². The number of carbonyl (C=O) groups excluding carboxylic acids is 4. The van der Waals surface area contributed by atoms with E-state index in [0.717, 1.165) is 5.56 Å². The lowest BCUT2D eigenvalue weighted by Crippen LogP contribution is -2.46. The fourth-order valence-electron chi connectivity index (χ4n) is 5.88. The molecule has 2 heterocycles. The number of ether oxygens (including phenoxy) is 1. The van der Waals surface area contributed by atoms with Crippen LogP contribution in [0, 0.1) is 5.92 Å². The average Bonchev–Trinajstić information content (AvgIpc) is 3.66. The van der Waals surface area contributed by atoms with Crippen molar-refractivity contribution in [1.29, 1.82) is 0 Å². The number of hydrogen-bond donors (Lipinski definition) is 2. The lowest BCUT2D eigenvalue weighted by atomic mass is 10.0. The van der Waals surface area contributed by atoms with Crippen molar-refractivity contribution in [3.63, 3.8) is 0 Å². The summed E-state index contributed by atoms with van der Waals surface area (Å²) >= 11 is 0. The number of carbonyl (C=O) groups is 4. The van der Waals surface area contributed by atoms with E-state index in [1.54, 1.807) is 47.1 Å². The van der Waals surface area contributed by atoms with Gasteiger partial charge in [0.15, 0.2) is 17.4 Å². The molecule has 236 valence electrons. The van der Waals surface area contributed by atoms with Crippen LogP contribution in [0.5, 0.6) is 5.75 Å². The summed E-state index contributed by atoms with van der Waals surface area (Å²) in [5, 5.41) is 10.7. The zero-order valence-corrected chi connectivity index (χ0v) is 25.9. The highest BCUT2D eigenvalue weighted by molar-refractivity contribution is 6.06. The van der Waals surface area contributed by atoms with Crippen LogP contribution >= 0.6 is 0 Å². The molecule has 0 fully saturated rings. The number of nitrogens with zero attached hydrogens (tertiary/aromatic N) is 4. The van der Waals surface area contributed by atoms with Gasteiger partial charge in [-0.2, -0.15) is 5.10 Å². The minimum atomic E-state index is -0.522. The lowest BCUT2D eigenvalue weighted by Gasteiger charge is -2.26. The molecular formula is C35H36N6O5. The lowest BCUT2D eigenvalue weighted by molar-refractivity contribution is -0.123. The number of aromatic nitrogens is 3. The number of ketones is 1. The fourth-order valence-corrected chi connectivity index (χ4v) is 5.88. The van der Waals surface area contributed by atoms with Crippen LogP contribution in [0.25, 0.3) is 11.4 Å². The molecular weight excluding hydrogens is 584 g/mol. The Balaban J connectivity index is 1.35. The van der Waals surface area contributed by atoms with Gasteiger partial charge in [0.25, 0.3) is 11.8 Å². The molecule has 1 aromatic heterocycles. The first-order valence-corrected chi connectivity index (χ1v) is 15.5. The van der Waals surface area contributed by atoms with Gasteiger partial charge in [-0.05, 0) is 42.2 Å². The maximum Gasteiger partial charge on any atom is 0.254 e. The quantitative estimate of drug-likeness (QED) is 0.355. The van der Waals surface area contributed by atoms with E-state index in [9.17, 15) is 19.2 Å². The van der Waals surface area contributed by atoms with Crippen LogP contribution in [0.4, 0.5) is 0 Å². The van der Waals surface area contributed by atoms with Gasteiger partial charge in [-0.1, -0.05) is 62.4 Å². The van der Waals surface area contributed by atoms with Gasteiger partial charge in [0.1, 0.15) is 12.4 Å². The Morgan fingerprint density at radius 1 is 0.935 bits per heavy atom. The van der Waals surface area contributed by atoms with Crippen molar-refractivity contribution in [3.8, 4) is 17.1 Å².